The van der Waals surface area contributed by atoms with Gasteiger partial charge in [0.1, 0.15) is 60.6 Å². The van der Waals surface area contributed by atoms with Crippen molar-refractivity contribution in [2.24, 2.45) is 11.5 Å². The molecule has 2 aromatic heterocycles. The third-order valence-electron chi connectivity index (χ3n) is 17.8. The first-order chi connectivity index (χ1) is 46.5. The Hall–Kier alpha value is -9.16. The van der Waals surface area contributed by atoms with Gasteiger partial charge >= 0.3 is 6.03 Å². The molecule has 0 radical (unpaired) electrons. The number of hydrogen-bond donors (Lipinski definition) is 17. The van der Waals surface area contributed by atoms with Crippen molar-refractivity contribution in [1.82, 2.24) is 67.6 Å². The number of benzene rings is 4. The number of phenolic OH excluding ortho intramolecular Hbond substituents is 1. The molecule has 1 aliphatic carbocycles. The predicted molar refractivity (Wildman–Crippen MR) is 372 cm³/mol. The van der Waals surface area contributed by atoms with E-state index in [-0.39, 0.29) is 73.9 Å². The molecule has 17 N–H and O–H groups in total. The normalized spacial score (nSPS) is 17.8. The van der Waals surface area contributed by atoms with Gasteiger partial charge in [0.15, 0.2) is 0 Å². The minimum Gasteiger partial charge on any atom is -0.508 e. The molecule has 6 aromatic rings. The average molecular weight is 1370 g/mol. The summed E-state index contributed by atoms with van der Waals surface area (Å²) in [6.45, 7) is 3.25. The van der Waals surface area contributed by atoms with Crippen LogP contribution in [0.5, 0.6) is 5.75 Å². The number of amides is 11. The van der Waals surface area contributed by atoms with Crippen LogP contribution in [0.3, 0.4) is 0 Å². The number of carbonyl (C=O) groups is 10. The smallest absolute Gasteiger partial charge is 0.317 e. The number of unbranched alkanes of at least 4 members (excludes halogenated alkanes) is 1. The number of nitrogens with zero attached hydrogens (tertiary/aromatic N) is 2. The van der Waals surface area contributed by atoms with Crippen molar-refractivity contribution >= 4 is 106 Å². The van der Waals surface area contributed by atoms with Crippen LogP contribution in [-0.4, -0.2) is 201 Å². The van der Waals surface area contributed by atoms with Gasteiger partial charge < -0.3 is 89.3 Å². The second-order valence-electron chi connectivity index (χ2n) is 24.9. The number of rotatable bonds is 33. The van der Waals surface area contributed by atoms with Crippen LogP contribution < -0.4 is 59.3 Å². The van der Waals surface area contributed by atoms with Crippen LogP contribution >= 0.6 is 25.3 Å². The molecular weight excluding hydrogens is 1280 g/mol. The molecule has 3 heterocycles. The van der Waals surface area contributed by atoms with Crippen LogP contribution in [0.25, 0.3) is 21.8 Å². The maximum atomic E-state index is 15.0. The van der Waals surface area contributed by atoms with Crippen molar-refractivity contribution < 1.29 is 58.2 Å². The average Bonchev–Trinajstić information content (AvgIpc) is 1.70. The van der Waals surface area contributed by atoms with E-state index in [2.05, 4.69) is 113 Å². The summed E-state index contributed by atoms with van der Waals surface area (Å²) in [4.78, 5) is 150. The number of carbonyl (C=O) groups excluding carboxylic acids is 10. The fourth-order valence-corrected chi connectivity index (χ4v) is 13.1. The molecule has 11 amide bonds. The number of phenols is 1. The Bertz CT molecular complexity index is 3760. The first kappa shape index (κ1) is 73.6. The zero-order chi connectivity index (χ0) is 70.0. The number of primary amides is 1. The number of likely N-dealkylation sites (tertiary alicyclic amines) is 1. The fourth-order valence-electron chi connectivity index (χ4n) is 12.5. The van der Waals surface area contributed by atoms with E-state index in [1.807, 2.05) is 24.3 Å². The summed E-state index contributed by atoms with van der Waals surface area (Å²) in [6, 6.07) is 16.6. The maximum absolute atomic E-state index is 15.0. The number of thiol groups is 2. The number of aromatic amines is 2. The van der Waals surface area contributed by atoms with Gasteiger partial charge in [0.2, 0.25) is 53.2 Å². The molecule has 12 atom stereocenters. The molecule has 1 aliphatic heterocycles. The Morgan fingerprint density at radius 2 is 1.18 bits per heavy atom. The monoisotopic (exact) mass is 1370 g/mol. The number of nitrogens with one attached hydrogen (secondary N) is 11. The topological polar surface area (TPSA) is 410 Å². The number of urea groups is 1. The van der Waals surface area contributed by atoms with Gasteiger partial charge in [-0.1, -0.05) is 79.7 Å². The van der Waals surface area contributed by atoms with Gasteiger partial charge in [0.25, 0.3) is 0 Å². The van der Waals surface area contributed by atoms with Crippen LogP contribution in [0.4, 0.5) is 4.79 Å². The van der Waals surface area contributed by atoms with E-state index in [1.165, 1.54) is 59.6 Å². The molecule has 1 saturated heterocycles. The van der Waals surface area contributed by atoms with Gasteiger partial charge in [-0.15, -0.1) is 0 Å². The fraction of sp³-hybridized carbons (Fsp3) is 0.441. The van der Waals surface area contributed by atoms with Gasteiger partial charge in [-0.25, -0.2) is 4.79 Å². The lowest BCUT2D eigenvalue weighted by molar-refractivity contribution is -0.136. The Kier molecular flexibility index (Phi) is 26.3. The van der Waals surface area contributed by atoms with Crippen molar-refractivity contribution in [1.29, 1.82) is 0 Å². The number of aliphatic hydroxyl groups is 1. The number of aromatic nitrogens is 2. The molecule has 8 rings (SSSR count). The number of aromatic hydroxyl groups is 1. The Morgan fingerprint density at radius 3 is 1.80 bits per heavy atom. The second-order valence-corrected chi connectivity index (χ2v) is 25.7. The van der Waals surface area contributed by atoms with E-state index in [4.69, 9.17) is 11.5 Å². The lowest BCUT2D eigenvalue weighted by Crippen LogP contribution is -2.61. The predicted octanol–water partition coefficient (Wildman–Crippen LogP) is 0.580. The summed E-state index contributed by atoms with van der Waals surface area (Å²) < 4.78 is 0. The minimum absolute atomic E-state index is 0.00357. The second kappa shape index (κ2) is 34.7. The summed E-state index contributed by atoms with van der Waals surface area (Å²) in [5.74, 6) is -8.01. The summed E-state index contributed by atoms with van der Waals surface area (Å²) >= 11 is 8.63. The van der Waals surface area contributed by atoms with Crippen LogP contribution in [0.1, 0.15) is 79.7 Å². The van der Waals surface area contributed by atoms with Crippen molar-refractivity contribution in [3.05, 3.63) is 137 Å². The largest absolute Gasteiger partial charge is 0.508 e. The lowest BCUT2D eigenvalue weighted by Gasteiger charge is -2.45. The summed E-state index contributed by atoms with van der Waals surface area (Å²) in [7, 11) is 3.54. The molecule has 2 aliphatic rings. The van der Waals surface area contributed by atoms with Crippen molar-refractivity contribution in [3.63, 3.8) is 0 Å². The highest BCUT2D eigenvalue weighted by atomic mass is 32.1. The number of H-pyrrole nitrogens is 2. The number of para-hydroxylation sites is 1. The van der Waals surface area contributed by atoms with Crippen LogP contribution in [0.2, 0.25) is 0 Å². The quantitative estimate of drug-likeness (QED) is 0.0198. The highest BCUT2D eigenvalue weighted by molar-refractivity contribution is 7.80. The zero-order valence-corrected chi connectivity index (χ0v) is 56.4. The van der Waals surface area contributed by atoms with Crippen LogP contribution in [0.15, 0.2) is 109 Å². The molecule has 0 spiro atoms. The Balaban J connectivity index is 0.970. The lowest BCUT2D eigenvalue weighted by atomic mass is 9.74. The molecule has 97 heavy (non-hydrogen) atoms. The maximum Gasteiger partial charge on any atom is 0.317 e. The third kappa shape index (κ3) is 19.5. The number of hydrogen-bond acceptors (Lipinski definition) is 16. The van der Waals surface area contributed by atoms with Gasteiger partial charge in [-0.3, -0.25) is 43.2 Å². The van der Waals surface area contributed by atoms with E-state index in [1.54, 1.807) is 49.5 Å². The number of likely N-dealkylation sites (N-methyl/N-ethyl adjacent to an activating group) is 2. The van der Waals surface area contributed by atoms with Crippen molar-refractivity contribution in [2.45, 2.75) is 144 Å². The zero-order valence-electron chi connectivity index (χ0n) is 54.6. The minimum atomic E-state index is -1.49. The van der Waals surface area contributed by atoms with Crippen LogP contribution in [-0.2, 0) is 68.8 Å². The molecule has 0 saturated carbocycles. The van der Waals surface area contributed by atoms with E-state index in [0.717, 1.165) is 11.9 Å². The molecule has 27 nitrogen and oxygen atoms in total. The van der Waals surface area contributed by atoms with Gasteiger partial charge in [0.05, 0.1) is 6.10 Å². The first-order valence-corrected chi connectivity index (χ1v) is 33.7. The van der Waals surface area contributed by atoms with Gasteiger partial charge in [-0.05, 0) is 111 Å². The SMILES string of the molecule is CC[C@H](NC(=O)[C@H](CCCCN)NC(=O)[C@@H](Cc1c[nH]c2ccccc12)NC(=O)[C@H](Cc1ccc(O)cc1)NC(=O)[C@H](CS)NC(=O)[C@@H](Cc1ccccc1)NC(=O)CN(C)C(=O)N[C@H]1C[C@@H]2c3cccc4[nH]cc(c34)C[C@H]2N(C)C1)C(=O)N[C@@H](CS)C(=O)N[C@H](C(N)=O)[C@@H](C)O. The van der Waals surface area contributed by atoms with E-state index in [0.29, 0.717) is 53.4 Å². The number of fused-ring (bicyclic) bond motifs is 3. The summed E-state index contributed by atoms with van der Waals surface area (Å²) in [6.07, 6.45) is 4.35. The number of piperidine rings is 1. The summed E-state index contributed by atoms with van der Waals surface area (Å²) in [5.41, 5.74) is 17.2. The van der Waals surface area contributed by atoms with E-state index in [9.17, 15) is 53.4 Å². The molecule has 0 unspecified atom stereocenters. The Labute approximate surface area is 573 Å². The molecule has 0 bridgehead atoms. The molecular formula is C68H89N15O12S2. The molecule has 4 aromatic carbocycles. The molecule has 29 heteroatoms. The van der Waals surface area contributed by atoms with Gasteiger partial charge in [-0.2, -0.15) is 25.3 Å². The highest BCUT2D eigenvalue weighted by Gasteiger charge is 2.41. The molecule has 520 valence electrons. The first-order valence-electron chi connectivity index (χ1n) is 32.5. The van der Waals surface area contributed by atoms with E-state index >= 15 is 4.79 Å². The number of aliphatic hydroxyl groups excluding tert-OH is 1. The highest BCUT2D eigenvalue weighted by Crippen LogP contribution is 2.43. The standard InChI is InChI=1S/C68H89N15O12S2/c1-5-47(61(88)79-55(36-97)67(94)81-59(37(2)84)60(70)87)75-62(89)50(19-11-12-25-69)76-65(92)53(28-40-31-71-48-18-10-9-16-44(40)48)78-64(91)52(27-39-21-23-43(85)24-22-39)77-66(93)54(35-96)80-63(90)51(26-38-14-7-6-8-15-38)74-57(86)34-83(4)68(95)73-42-30-46-45-17-13-20-49-58(45)41(32-72-49)29-56(46)82(3)33-42/h6-10,13-18,20-24,31-32,37,42,46-47,50-56,59,71-72,84-85,96-97H,5,11-12,19,25-30,33-36,69H2,1-4H3,(H2,70,87)(H,73,95)(H,74,86)(H,75,89)(H,76,92)(H,77,93)(H,78,91)(H,79,88)(H,80,90)(H,81,94)/t37-,42+,46-,47+,50+,51-,52+,53-,54+,55+,56-,59+/m1/s1. The van der Waals surface area contributed by atoms with Crippen molar-refractivity contribution in [2.75, 3.05) is 45.2 Å². The summed E-state index contributed by atoms with van der Waals surface area (Å²) in [5, 5.41) is 46.5. The molecule has 1 fully saturated rings. The van der Waals surface area contributed by atoms with Crippen molar-refractivity contribution in [3.8, 4) is 5.75 Å². The van der Waals surface area contributed by atoms with Crippen LogP contribution in [0, 0.1) is 0 Å². The number of nitrogens with two attached hydrogens (primary N) is 2. The van der Waals surface area contributed by atoms with Gasteiger partial charge in [0, 0.05) is 96.6 Å². The third-order valence-corrected chi connectivity index (χ3v) is 18.5. The Morgan fingerprint density at radius 1 is 0.639 bits per heavy atom. The van der Waals surface area contributed by atoms with E-state index < -0.39 is 120 Å².